The van der Waals surface area contributed by atoms with E-state index in [1.807, 2.05) is 77.2 Å². The fourth-order valence-corrected chi connectivity index (χ4v) is 7.71. The van der Waals surface area contributed by atoms with Gasteiger partial charge in [-0.1, -0.05) is 86.1 Å². The summed E-state index contributed by atoms with van der Waals surface area (Å²) in [6.45, 7) is 7.27. The van der Waals surface area contributed by atoms with Crippen molar-refractivity contribution in [1.29, 1.82) is 0 Å². The van der Waals surface area contributed by atoms with Crippen molar-refractivity contribution in [3.63, 3.8) is 0 Å². The summed E-state index contributed by atoms with van der Waals surface area (Å²) in [4.78, 5) is 30.7. The van der Waals surface area contributed by atoms with E-state index < -0.39 is 16.9 Å². The number of amides is 2. The Bertz CT molecular complexity index is 2270. The van der Waals surface area contributed by atoms with Gasteiger partial charge in [-0.2, -0.15) is 5.10 Å². The molecule has 7 nitrogen and oxygen atoms in total. The van der Waals surface area contributed by atoms with E-state index in [9.17, 15) is 13.8 Å². The van der Waals surface area contributed by atoms with E-state index in [-0.39, 0.29) is 11.5 Å². The highest BCUT2D eigenvalue weighted by atomic mass is 32.2. The smallest absolute Gasteiger partial charge is 0.263 e. The monoisotopic (exact) mass is 680 g/mol. The van der Waals surface area contributed by atoms with E-state index in [0.29, 0.717) is 23.5 Å². The number of aromatic nitrogens is 2. The van der Waals surface area contributed by atoms with Gasteiger partial charge in [-0.15, -0.1) is 0 Å². The van der Waals surface area contributed by atoms with E-state index in [0.717, 1.165) is 75.8 Å². The summed E-state index contributed by atoms with van der Waals surface area (Å²) in [6, 6.07) is 35.0. The number of benzene rings is 5. The van der Waals surface area contributed by atoms with E-state index >= 15 is 0 Å². The first-order chi connectivity index (χ1) is 24.3. The van der Waals surface area contributed by atoms with Gasteiger partial charge >= 0.3 is 0 Å². The maximum atomic E-state index is 14.6. The first kappa shape index (κ1) is 33.2. The van der Waals surface area contributed by atoms with Crippen LogP contribution >= 0.6 is 0 Å². The maximum Gasteiger partial charge on any atom is 0.263 e. The van der Waals surface area contributed by atoms with E-state index in [2.05, 4.69) is 48.9 Å². The lowest BCUT2D eigenvalue weighted by Crippen LogP contribution is -2.36. The van der Waals surface area contributed by atoms with Gasteiger partial charge in [0.2, 0.25) is 0 Å². The molecule has 7 rings (SSSR count). The van der Waals surface area contributed by atoms with Crippen LogP contribution in [0.15, 0.2) is 114 Å². The summed E-state index contributed by atoms with van der Waals surface area (Å²) in [5, 5.41) is 6.98. The minimum atomic E-state index is -1.80. The van der Waals surface area contributed by atoms with E-state index in [1.54, 1.807) is 18.2 Å². The third-order valence-corrected chi connectivity index (χ3v) is 10.5. The highest BCUT2D eigenvalue weighted by Gasteiger charge is 2.28. The first-order valence-electron chi connectivity index (χ1n) is 17.2. The Labute approximate surface area is 295 Å². The number of fused-ring (bicyclic) bond motifs is 2. The quantitative estimate of drug-likeness (QED) is 0.167. The second-order valence-electron chi connectivity index (χ2n) is 13.0. The molecule has 1 aliphatic rings. The summed E-state index contributed by atoms with van der Waals surface area (Å²) >= 11 is 0. The lowest BCUT2D eigenvalue weighted by molar-refractivity contribution is 0.0735. The Kier molecular flexibility index (Phi) is 9.46. The van der Waals surface area contributed by atoms with Gasteiger partial charge in [-0.25, -0.2) is 8.89 Å². The van der Waals surface area contributed by atoms with Crippen LogP contribution in [-0.2, 0) is 30.4 Å². The summed E-state index contributed by atoms with van der Waals surface area (Å²) in [7, 11) is -1.80. The van der Waals surface area contributed by atoms with Crippen LogP contribution in [0.3, 0.4) is 0 Å². The molecule has 50 heavy (non-hydrogen) atoms. The van der Waals surface area contributed by atoms with Crippen LogP contribution in [0.1, 0.15) is 68.6 Å². The van der Waals surface area contributed by atoms with Gasteiger partial charge in [0, 0.05) is 29.8 Å². The molecule has 5 aromatic carbocycles. The van der Waals surface area contributed by atoms with Gasteiger partial charge in [0.15, 0.2) is 11.0 Å². The van der Waals surface area contributed by atoms with Crippen molar-refractivity contribution in [2.75, 3.05) is 6.54 Å². The SMILES string of the molecule is CCCCc1c(-c2ccc(C(=O)NS(=O)c3ccc4ccccc4c3)cc2C(=O)N2CCc3ccccc3C2)c(C)nn1-c1cccc(C)c1. The van der Waals surface area contributed by atoms with Gasteiger partial charge in [-0.3, -0.25) is 14.3 Å². The Morgan fingerprint density at radius 3 is 2.42 bits per heavy atom. The molecule has 1 aliphatic heterocycles. The molecule has 0 aliphatic carbocycles. The van der Waals surface area contributed by atoms with Crippen LogP contribution in [0.2, 0.25) is 0 Å². The predicted octanol–water partition coefficient (Wildman–Crippen LogP) is 8.30. The van der Waals surface area contributed by atoms with Crippen molar-refractivity contribution in [1.82, 2.24) is 19.4 Å². The first-order valence-corrected chi connectivity index (χ1v) is 18.3. The average molecular weight is 681 g/mol. The summed E-state index contributed by atoms with van der Waals surface area (Å²) in [5.41, 5.74) is 8.66. The highest BCUT2D eigenvalue weighted by molar-refractivity contribution is 7.83. The van der Waals surface area contributed by atoms with Crippen molar-refractivity contribution in [2.45, 2.75) is 57.9 Å². The third kappa shape index (κ3) is 6.63. The molecule has 0 radical (unpaired) electrons. The number of nitrogens with zero attached hydrogens (tertiary/aromatic N) is 3. The van der Waals surface area contributed by atoms with Crippen LogP contribution in [0.25, 0.3) is 27.6 Å². The molecular weight excluding hydrogens is 641 g/mol. The van der Waals surface area contributed by atoms with Crippen molar-refractivity contribution >= 4 is 33.6 Å². The predicted molar refractivity (Wildman–Crippen MR) is 200 cm³/mol. The molecule has 1 unspecified atom stereocenters. The normalized spacial score (nSPS) is 13.2. The zero-order valence-electron chi connectivity index (χ0n) is 28.6. The largest absolute Gasteiger partial charge is 0.334 e. The topological polar surface area (TPSA) is 84.3 Å². The van der Waals surface area contributed by atoms with Gasteiger partial charge in [-0.05, 0) is 103 Å². The minimum absolute atomic E-state index is 0.149. The molecule has 2 amide bonds. The molecule has 0 saturated carbocycles. The van der Waals surface area contributed by atoms with Gasteiger partial charge in [0.25, 0.3) is 11.8 Å². The Morgan fingerprint density at radius 1 is 0.840 bits per heavy atom. The molecule has 1 aromatic heterocycles. The lowest BCUT2D eigenvalue weighted by Gasteiger charge is -2.29. The molecule has 0 spiro atoms. The van der Waals surface area contributed by atoms with Crippen molar-refractivity contribution in [3.05, 3.63) is 148 Å². The van der Waals surface area contributed by atoms with Gasteiger partial charge in [0.05, 0.1) is 22.0 Å². The van der Waals surface area contributed by atoms with Crippen molar-refractivity contribution < 1.29 is 13.8 Å². The maximum absolute atomic E-state index is 14.6. The minimum Gasteiger partial charge on any atom is -0.334 e. The summed E-state index contributed by atoms with van der Waals surface area (Å²) in [6.07, 6.45) is 3.49. The molecule has 0 fully saturated rings. The number of hydrogen-bond acceptors (Lipinski definition) is 4. The number of nitrogens with one attached hydrogen (secondary N) is 1. The van der Waals surface area contributed by atoms with Crippen molar-refractivity contribution in [2.24, 2.45) is 0 Å². The third-order valence-electron chi connectivity index (χ3n) is 9.49. The fourth-order valence-electron chi connectivity index (χ4n) is 6.88. The van der Waals surface area contributed by atoms with Crippen molar-refractivity contribution in [3.8, 4) is 16.8 Å². The number of rotatable bonds is 9. The molecule has 0 saturated heterocycles. The zero-order chi connectivity index (χ0) is 34.8. The Balaban J connectivity index is 1.30. The zero-order valence-corrected chi connectivity index (χ0v) is 29.4. The molecule has 252 valence electrons. The van der Waals surface area contributed by atoms with Crippen LogP contribution in [0.5, 0.6) is 0 Å². The lowest BCUT2D eigenvalue weighted by atomic mass is 9.92. The second kappa shape index (κ2) is 14.3. The Hall–Kier alpha value is -5.34. The highest BCUT2D eigenvalue weighted by Crippen LogP contribution is 2.35. The van der Waals surface area contributed by atoms with Gasteiger partial charge < -0.3 is 4.90 Å². The van der Waals surface area contributed by atoms with Crippen LogP contribution in [-0.4, -0.2) is 37.2 Å². The summed E-state index contributed by atoms with van der Waals surface area (Å²) < 4.78 is 18.1. The van der Waals surface area contributed by atoms with Gasteiger partial charge in [0.1, 0.15) is 0 Å². The Morgan fingerprint density at radius 2 is 1.62 bits per heavy atom. The fraction of sp³-hybridized carbons (Fsp3) is 0.214. The average Bonchev–Trinajstić information content (AvgIpc) is 3.48. The molecule has 8 heteroatoms. The number of carbonyl (C=O) groups is 2. The summed E-state index contributed by atoms with van der Waals surface area (Å²) in [5.74, 6) is -0.664. The van der Waals surface area contributed by atoms with E-state index in [1.165, 1.54) is 5.56 Å². The molecule has 0 bridgehead atoms. The molecular formula is C42H40N4O3S. The van der Waals surface area contributed by atoms with Crippen LogP contribution in [0, 0.1) is 13.8 Å². The molecule has 2 heterocycles. The number of unbranched alkanes of at least 4 members (excludes halogenated alkanes) is 1. The standard InChI is InChI=1S/C42H40N4O3S/c1-4-5-17-39-40(29(3)43-46(39)35-16-10-11-28(2)24-35)37-21-19-33(26-38(37)42(48)45-23-22-31-13-7-9-15-34(31)27-45)41(47)44-50(49)36-20-18-30-12-6-8-14-32(30)25-36/h6-16,18-21,24-26H,4-5,17,22-23,27H2,1-3H3,(H,44,47). The second-order valence-corrected chi connectivity index (χ2v) is 14.2. The van der Waals surface area contributed by atoms with E-state index in [4.69, 9.17) is 5.10 Å². The number of hydrogen-bond donors (Lipinski definition) is 1. The molecule has 1 N–H and O–H groups in total. The van der Waals surface area contributed by atoms with Crippen LogP contribution in [0.4, 0.5) is 0 Å². The number of aryl methyl sites for hydroxylation is 2. The molecule has 6 aromatic rings. The molecule has 1 atom stereocenters. The number of carbonyl (C=O) groups excluding carboxylic acids is 2. The van der Waals surface area contributed by atoms with Crippen LogP contribution < -0.4 is 4.72 Å².